The van der Waals surface area contributed by atoms with Crippen LogP contribution in [0.3, 0.4) is 0 Å². The van der Waals surface area contributed by atoms with E-state index in [2.05, 4.69) is 119 Å². The predicted molar refractivity (Wildman–Crippen MR) is 189 cm³/mol. The van der Waals surface area contributed by atoms with Crippen molar-refractivity contribution in [2.24, 2.45) is 0 Å². The van der Waals surface area contributed by atoms with Gasteiger partial charge >= 0.3 is 0 Å². The Morgan fingerprint density at radius 2 is 0.935 bits per heavy atom. The van der Waals surface area contributed by atoms with Gasteiger partial charge < -0.3 is 0 Å². The highest BCUT2D eigenvalue weighted by atomic mass is 14.7. The standard InChI is InChI=1S/C42H26N4/c1-2-11-35-34(10-1)39-36-12-3-4-14-38(36)46-41(40(39)37-13-7-21-45-42(35)37)28-17-15-27(16-18-28)31-22-32(29-8-5-19-43-25-29)24-33(23-31)30-9-6-20-44-26-30/h1-26H. The summed E-state index contributed by atoms with van der Waals surface area (Å²) in [5.74, 6) is 0. The number of para-hydroxylation sites is 1. The van der Waals surface area contributed by atoms with E-state index in [1.165, 1.54) is 10.8 Å². The zero-order valence-electron chi connectivity index (χ0n) is 24.8. The molecule has 0 atom stereocenters. The van der Waals surface area contributed by atoms with Gasteiger partial charge in [0.25, 0.3) is 0 Å². The fraction of sp³-hybridized carbons (Fsp3) is 0. The summed E-state index contributed by atoms with van der Waals surface area (Å²) in [6, 6.07) is 44.9. The number of nitrogens with zero attached hydrogens (tertiary/aromatic N) is 4. The van der Waals surface area contributed by atoms with Crippen molar-refractivity contribution in [2.75, 3.05) is 0 Å². The van der Waals surface area contributed by atoms with Crippen LogP contribution >= 0.6 is 0 Å². The molecular weight excluding hydrogens is 560 g/mol. The Bertz CT molecular complexity index is 2500. The lowest BCUT2D eigenvalue weighted by atomic mass is 9.91. The van der Waals surface area contributed by atoms with E-state index >= 15 is 0 Å². The third-order valence-corrected chi connectivity index (χ3v) is 8.84. The van der Waals surface area contributed by atoms with Gasteiger partial charge in [0.2, 0.25) is 0 Å². The number of pyridine rings is 4. The Morgan fingerprint density at radius 3 is 1.61 bits per heavy atom. The lowest BCUT2D eigenvalue weighted by molar-refractivity contribution is 1.32. The van der Waals surface area contributed by atoms with Crippen LogP contribution in [-0.2, 0) is 0 Å². The van der Waals surface area contributed by atoms with Crippen LogP contribution in [0.5, 0.6) is 0 Å². The van der Waals surface area contributed by atoms with E-state index in [1.54, 1.807) is 12.4 Å². The van der Waals surface area contributed by atoms with Crippen LogP contribution in [0.1, 0.15) is 0 Å². The summed E-state index contributed by atoms with van der Waals surface area (Å²) in [5, 5.41) is 6.95. The van der Waals surface area contributed by atoms with Crippen LogP contribution < -0.4 is 0 Å². The molecule has 0 unspecified atom stereocenters. The lowest BCUT2D eigenvalue weighted by Gasteiger charge is -2.16. The lowest BCUT2D eigenvalue weighted by Crippen LogP contribution is -1.94. The Kier molecular flexibility index (Phi) is 6.10. The molecule has 0 radical (unpaired) electrons. The number of hydrogen-bond donors (Lipinski definition) is 0. The largest absolute Gasteiger partial charge is 0.264 e. The van der Waals surface area contributed by atoms with Crippen LogP contribution in [0, 0.1) is 0 Å². The third-order valence-electron chi connectivity index (χ3n) is 8.84. The first-order valence-corrected chi connectivity index (χ1v) is 15.4. The van der Waals surface area contributed by atoms with Crippen molar-refractivity contribution < 1.29 is 0 Å². The van der Waals surface area contributed by atoms with Crippen molar-refractivity contribution in [3.8, 4) is 44.6 Å². The average Bonchev–Trinajstić information content (AvgIpc) is 3.15. The molecule has 4 nitrogen and oxygen atoms in total. The van der Waals surface area contributed by atoms with Gasteiger partial charge in [-0.2, -0.15) is 0 Å². The van der Waals surface area contributed by atoms with Crippen molar-refractivity contribution in [1.29, 1.82) is 0 Å². The molecule has 46 heavy (non-hydrogen) atoms. The molecule has 0 bridgehead atoms. The molecule has 4 aromatic heterocycles. The highest BCUT2D eigenvalue weighted by molar-refractivity contribution is 6.32. The minimum atomic E-state index is 0.962. The molecule has 0 aliphatic heterocycles. The van der Waals surface area contributed by atoms with E-state index < -0.39 is 0 Å². The van der Waals surface area contributed by atoms with Crippen molar-refractivity contribution in [1.82, 2.24) is 19.9 Å². The number of aromatic nitrogens is 4. The minimum Gasteiger partial charge on any atom is -0.264 e. The van der Waals surface area contributed by atoms with Gasteiger partial charge in [0.15, 0.2) is 0 Å². The van der Waals surface area contributed by atoms with Gasteiger partial charge in [-0.15, -0.1) is 0 Å². The summed E-state index contributed by atoms with van der Waals surface area (Å²) in [7, 11) is 0. The minimum absolute atomic E-state index is 0.962. The fourth-order valence-corrected chi connectivity index (χ4v) is 6.71. The maximum Gasteiger partial charge on any atom is 0.0795 e. The van der Waals surface area contributed by atoms with Crippen molar-refractivity contribution in [3.05, 3.63) is 158 Å². The summed E-state index contributed by atoms with van der Waals surface area (Å²) in [6.07, 6.45) is 9.31. The molecule has 4 heterocycles. The fourth-order valence-electron chi connectivity index (χ4n) is 6.71. The van der Waals surface area contributed by atoms with Gasteiger partial charge in [-0.1, -0.05) is 84.9 Å². The summed E-state index contributed by atoms with van der Waals surface area (Å²) >= 11 is 0. The molecule has 0 aliphatic carbocycles. The summed E-state index contributed by atoms with van der Waals surface area (Å²) in [5.41, 5.74) is 10.6. The van der Waals surface area contributed by atoms with Crippen molar-refractivity contribution >= 4 is 43.4 Å². The summed E-state index contributed by atoms with van der Waals surface area (Å²) in [4.78, 5) is 18.9. The van der Waals surface area contributed by atoms with Gasteiger partial charge in [-0.05, 0) is 70.1 Å². The quantitative estimate of drug-likeness (QED) is 0.193. The van der Waals surface area contributed by atoms with Gasteiger partial charge in [-0.3, -0.25) is 15.0 Å². The first-order chi connectivity index (χ1) is 22.8. The molecule has 9 rings (SSSR count). The Balaban J connectivity index is 1.26. The van der Waals surface area contributed by atoms with E-state index in [9.17, 15) is 0 Å². The third kappa shape index (κ3) is 4.31. The van der Waals surface area contributed by atoms with Crippen molar-refractivity contribution in [3.63, 3.8) is 0 Å². The second kappa shape index (κ2) is 10.7. The van der Waals surface area contributed by atoms with Crippen LogP contribution in [0.2, 0.25) is 0 Å². The summed E-state index contributed by atoms with van der Waals surface area (Å²) < 4.78 is 0. The van der Waals surface area contributed by atoms with Crippen molar-refractivity contribution in [2.45, 2.75) is 0 Å². The smallest absolute Gasteiger partial charge is 0.0795 e. The number of benzene rings is 5. The van der Waals surface area contributed by atoms with Gasteiger partial charge in [-0.25, -0.2) is 4.98 Å². The van der Waals surface area contributed by atoms with E-state index in [0.29, 0.717) is 0 Å². The van der Waals surface area contributed by atoms with Crippen LogP contribution in [0.25, 0.3) is 88.0 Å². The first kappa shape index (κ1) is 26.2. The molecule has 0 spiro atoms. The molecule has 0 aliphatic rings. The zero-order chi connectivity index (χ0) is 30.5. The maximum absolute atomic E-state index is 5.30. The first-order valence-electron chi connectivity index (χ1n) is 15.4. The molecular formula is C42H26N4. The van der Waals surface area contributed by atoms with Crippen LogP contribution in [0.4, 0.5) is 0 Å². The predicted octanol–water partition coefficient (Wildman–Crippen LogP) is 10.5. The molecule has 214 valence electrons. The molecule has 0 amide bonds. The number of hydrogen-bond acceptors (Lipinski definition) is 4. The van der Waals surface area contributed by atoms with E-state index in [0.717, 1.165) is 77.2 Å². The SMILES string of the molecule is c1cncc(-c2cc(-c3ccc(-c4nc5ccccc5c5c6ccccc6c6ncccc6c45)cc3)cc(-c3cccnc3)c2)c1. The molecule has 0 fully saturated rings. The highest BCUT2D eigenvalue weighted by Gasteiger charge is 2.18. The van der Waals surface area contributed by atoms with Gasteiger partial charge in [0, 0.05) is 74.6 Å². The summed E-state index contributed by atoms with van der Waals surface area (Å²) in [6.45, 7) is 0. The molecule has 5 aromatic carbocycles. The average molecular weight is 587 g/mol. The highest BCUT2D eigenvalue weighted by Crippen LogP contribution is 2.42. The molecule has 9 aromatic rings. The second-order valence-corrected chi connectivity index (χ2v) is 11.5. The zero-order valence-corrected chi connectivity index (χ0v) is 24.8. The number of fused-ring (bicyclic) bond motifs is 8. The van der Waals surface area contributed by atoms with Gasteiger partial charge in [0.05, 0.1) is 16.7 Å². The molecule has 0 saturated heterocycles. The normalized spacial score (nSPS) is 11.5. The Labute approximate surface area is 265 Å². The molecule has 4 heteroatoms. The molecule has 0 N–H and O–H groups in total. The monoisotopic (exact) mass is 586 g/mol. The van der Waals surface area contributed by atoms with E-state index in [4.69, 9.17) is 9.97 Å². The Hall–Kier alpha value is -6.26. The Morgan fingerprint density at radius 1 is 0.370 bits per heavy atom. The molecule has 0 saturated carbocycles. The topological polar surface area (TPSA) is 51.6 Å². The van der Waals surface area contributed by atoms with E-state index in [1.807, 2.05) is 36.8 Å². The maximum atomic E-state index is 5.30. The van der Waals surface area contributed by atoms with E-state index in [-0.39, 0.29) is 0 Å². The number of rotatable bonds is 4. The van der Waals surface area contributed by atoms with Crippen LogP contribution in [0.15, 0.2) is 158 Å². The van der Waals surface area contributed by atoms with Crippen LogP contribution in [-0.4, -0.2) is 19.9 Å². The second-order valence-electron chi connectivity index (χ2n) is 11.5. The van der Waals surface area contributed by atoms with Gasteiger partial charge in [0.1, 0.15) is 0 Å².